The lowest BCUT2D eigenvalue weighted by molar-refractivity contribution is -0.158. The van der Waals surface area contributed by atoms with Crippen LogP contribution < -0.4 is 0 Å². The van der Waals surface area contributed by atoms with Gasteiger partial charge in [0.05, 0.1) is 13.5 Å². The maximum absolute atomic E-state index is 10.8. The molecule has 0 saturated heterocycles. The predicted molar refractivity (Wildman–Crippen MR) is 53.5 cm³/mol. The average Bonchev–Trinajstić information content (AvgIpc) is 2.21. The summed E-state index contributed by atoms with van der Waals surface area (Å²) in [5.74, 6) is -1.70. The third-order valence-corrected chi connectivity index (χ3v) is 1.92. The van der Waals surface area contributed by atoms with E-state index in [4.69, 9.17) is 9.84 Å². The van der Waals surface area contributed by atoms with Gasteiger partial charge in [0.1, 0.15) is 0 Å². The third-order valence-electron chi connectivity index (χ3n) is 1.92. The molecule has 15 heavy (non-hydrogen) atoms. The molecular weight excluding hydrogens is 200 g/mol. The molecule has 0 fully saturated rings. The van der Waals surface area contributed by atoms with Crippen LogP contribution in [-0.4, -0.2) is 36.9 Å². The fraction of sp³-hybridized carbons (Fsp3) is 0.800. The van der Waals surface area contributed by atoms with Crippen molar-refractivity contribution in [3.05, 3.63) is 0 Å². The van der Waals surface area contributed by atoms with Crippen molar-refractivity contribution in [3.8, 4) is 0 Å². The fourth-order valence-corrected chi connectivity index (χ4v) is 1.03. The Morgan fingerprint density at radius 3 is 2.47 bits per heavy atom. The standard InChI is InChI=1S/C10H18O5/c1-3-4-5-6-15-8(10(12)13)7-9(11)14-2/h8H,3-7H2,1-2H3,(H,12,13)/t8-/m1/s1. The molecule has 0 heterocycles. The maximum atomic E-state index is 10.8. The number of carbonyl (C=O) groups is 2. The Morgan fingerprint density at radius 1 is 1.33 bits per heavy atom. The number of carboxylic acids is 1. The van der Waals surface area contributed by atoms with Gasteiger partial charge >= 0.3 is 11.9 Å². The molecule has 0 aliphatic heterocycles. The summed E-state index contributed by atoms with van der Waals surface area (Å²) in [5, 5.41) is 8.74. The zero-order chi connectivity index (χ0) is 11.7. The Kier molecular flexibility index (Phi) is 7.62. The summed E-state index contributed by atoms with van der Waals surface area (Å²) in [6.07, 6.45) is 1.51. The number of hydrogen-bond donors (Lipinski definition) is 1. The summed E-state index contributed by atoms with van der Waals surface area (Å²) in [6, 6.07) is 0. The Balaban J connectivity index is 3.84. The Bertz CT molecular complexity index is 202. The van der Waals surface area contributed by atoms with Crippen LogP contribution in [0.25, 0.3) is 0 Å². The van der Waals surface area contributed by atoms with Crippen LogP contribution in [0.2, 0.25) is 0 Å². The van der Waals surface area contributed by atoms with Gasteiger partial charge < -0.3 is 14.6 Å². The molecule has 1 atom stereocenters. The highest BCUT2D eigenvalue weighted by Crippen LogP contribution is 2.03. The van der Waals surface area contributed by atoms with Crippen LogP contribution in [0.1, 0.15) is 32.6 Å². The zero-order valence-electron chi connectivity index (χ0n) is 9.19. The van der Waals surface area contributed by atoms with Gasteiger partial charge in [0, 0.05) is 6.61 Å². The van der Waals surface area contributed by atoms with Gasteiger partial charge in [0.2, 0.25) is 0 Å². The van der Waals surface area contributed by atoms with Crippen molar-refractivity contribution in [3.63, 3.8) is 0 Å². The monoisotopic (exact) mass is 218 g/mol. The first kappa shape index (κ1) is 13.9. The molecule has 0 aromatic heterocycles. The van der Waals surface area contributed by atoms with Gasteiger partial charge in [-0.25, -0.2) is 4.79 Å². The van der Waals surface area contributed by atoms with Crippen LogP contribution in [0.3, 0.4) is 0 Å². The molecule has 0 aromatic rings. The Morgan fingerprint density at radius 2 is 2.00 bits per heavy atom. The van der Waals surface area contributed by atoms with Crippen LogP contribution in [0.4, 0.5) is 0 Å². The van der Waals surface area contributed by atoms with Gasteiger partial charge in [-0.05, 0) is 6.42 Å². The molecule has 0 radical (unpaired) electrons. The minimum Gasteiger partial charge on any atom is -0.479 e. The molecule has 0 saturated carbocycles. The van der Waals surface area contributed by atoms with E-state index in [9.17, 15) is 9.59 Å². The molecule has 0 bridgehead atoms. The van der Waals surface area contributed by atoms with Crippen LogP contribution in [0.5, 0.6) is 0 Å². The lowest BCUT2D eigenvalue weighted by Crippen LogP contribution is -2.27. The highest BCUT2D eigenvalue weighted by Gasteiger charge is 2.21. The largest absolute Gasteiger partial charge is 0.479 e. The van der Waals surface area contributed by atoms with Crippen LogP contribution in [0, 0.1) is 0 Å². The Labute approximate surface area is 89.4 Å². The molecule has 0 rings (SSSR count). The second kappa shape index (κ2) is 8.23. The van der Waals surface area contributed by atoms with E-state index in [-0.39, 0.29) is 6.42 Å². The molecule has 0 amide bonds. The highest BCUT2D eigenvalue weighted by atomic mass is 16.5. The highest BCUT2D eigenvalue weighted by molar-refractivity contribution is 5.80. The van der Waals surface area contributed by atoms with Gasteiger partial charge in [-0.15, -0.1) is 0 Å². The molecular formula is C10H18O5. The van der Waals surface area contributed by atoms with Crippen molar-refractivity contribution in [2.75, 3.05) is 13.7 Å². The van der Waals surface area contributed by atoms with E-state index in [2.05, 4.69) is 4.74 Å². The summed E-state index contributed by atoms with van der Waals surface area (Å²) in [5.41, 5.74) is 0. The summed E-state index contributed by atoms with van der Waals surface area (Å²) in [6.45, 7) is 2.41. The maximum Gasteiger partial charge on any atom is 0.333 e. The van der Waals surface area contributed by atoms with Crippen molar-refractivity contribution in [1.29, 1.82) is 0 Å². The minimum atomic E-state index is -1.13. The van der Waals surface area contributed by atoms with Crippen molar-refractivity contribution < 1.29 is 24.2 Å². The first-order valence-electron chi connectivity index (χ1n) is 5.03. The van der Waals surface area contributed by atoms with Crippen molar-refractivity contribution in [1.82, 2.24) is 0 Å². The lowest BCUT2D eigenvalue weighted by atomic mass is 10.2. The van der Waals surface area contributed by atoms with Crippen LogP contribution in [-0.2, 0) is 19.1 Å². The van der Waals surface area contributed by atoms with E-state index in [1.807, 2.05) is 6.92 Å². The second-order valence-corrected chi connectivity index (χ2v) is 3.19. The van der Waals surface area contributed by atoms with Gasteiger partial charge in [0.15, 0.2) is 6.10 Å². The van der Waals surface area contributed by atoms with Crippen molar-refractivity contribution >= 4 is 11.9 Å². The van der Waals surface area contributed by atoms with Crippen molar-refractivity contribution in [2.24, 2.45) is 0 Å². The Hall–Kier alpha value is -1.10. The molecule has 0 aliphatic rings. The fourth-order valence-electron chi connectivity index (χ4n) is 1.03. The SMILES string of the molecule is CCCCCO[C@H](CC(=O)OC)C(=O)O. The molecule has 0 spiro atoms. The number of hydrogen-bond acceptors (Lipinski definition) is 4. The molecule has 5 nitrogen and oxygen atoms in total. The molecule has 0 aliphatic carbocycles. The smallest absolute Gasteiger partial charge is 0.333 e. The van der Waals surface area contributed by atoms with Gasteiger partial charge in [-0.2, -0.15) is 0 Å². The number of unbranched alkanes of at least 4 members (excludes halogenated alkanes) is 2. The number of carboxylic acid groups (broad SMARTS) is 1. The molecule has 0 unspecified atom stereocenters. The normalized spacial score (nSPS) is 12.1. The van der Waals surface area contributed by atoms with Gasteiger partial charge in [0.25, 0.3) is 0 Å². The molecule has 1 N–H and O–H groups in total. The van der Waals surface area contributed by atoms with Crippen LogP contribution >= 0.6 is 0 Å². The summed E-state index contributed by atoms with van der Waals surface area (Å²) < 4.78 is 9.45. The molecule has 5 heteroatoms. The quantitative estimate of drug-likeness (QED) is 0.489. The van der Waals surface area contributed by atoms with E-state index >= 15 is 0 Å². The predicted octanol–water partition coefficient (Wildman–Crippen LogP) is 1.21. The van der Waals surface area contributed by atoms with Crippen molar-refractivity contribution in [2.45, 2.75) is 38.7 Å². The number of methoxy groups -OCH3 is 1. The second-order valence-electron chi connectivity index (χ2n) is 3.19. The molecule has 0 aromatic carbocycles. The topological polar surface area (TPSA) is 72.8 Å². The molecule has 88 valence electrons. The van der Waals surface area contributed by atoms with Gasteiger partial charge in [-0.1, -0.05) is 19.8 Å². The third kappa shape index (κ3) is 6.90. The minimum absolute atomic E-state index is 0.238. The van der Waals surface area contributed by atoms with E-state index in [0.717, 1.165) is 19.3 Å². The number of rotatable bonds is 8. The summed E-state index contributed by atoms with van der Waals surface area (Å²) in [7, 11) is 1.22. The zero-order valence-corrected chi connectivity index (χ0v) is 9.19. The lowest BCUT2D eigenvalue weighted by Gasteiger charge is -2.11. The number of aliphatic carboxylic acids is 1. The average molecular weight is 218 g/mol. The number of esters is 1. The van der Waals surface area contributed by atoms with Gasteiger partial charge in [-0.3, -0.25) is 4.79 Å². The number of carbonyl (C=O) groups excluding carboxylic acids is 1. The van der Waals surface area contributed by atoms with Crippen LogP contribution in [0.15, 0.2) is 0 Å². The van der Waals surface area contributed by atoms with E-state index in [1.54, 1.807) is 0 Å². The first-order chi connectivity index (χ1) is 7.11. The van der Waals surface area contributed by atoms with E-state index in [1.165, 1.54) is 7.11 Å². The van der Waals surface area contributed by atoms with E-state index < -0.39 is 18.0 Å². The van der Waals surface area contributed by atoms with E-state index in [0.29, 0.717) is 6.61 Å². The number of ether oxygens (including phenoxy) is 2. The summed E-state index contributed by atoms with van der Waals surface area (Å²) in [4.78, 5) is 21.5. The summed E-state index contributed by atoms with van der Waals surface area (Å²) >= 11 is 0. The first-order valence-corrected chi connectivity index (χ1v) is 5.03.